The van der Waals surface area contributed by atoms with Crippen LogP contribution in [-0.4, -0.2) is 33.9 Å². The quantitative estimate of drug-likeness (QED) is 0.138. The van der Waals surface area contributed by atoms with Gasteiger partial charge in [0.05, 0.1) is 0 Å². The van der Waals surface area contributed by atoms with Crippen molar-refractivity contribution in [3.8, 4) is 0 Å². The van der Waals surface area contributed by atoms with E-state index >= 15 is 0 Å². The van der Waals surface area contributed by atoms with Gasteiger partial charge in [0.2, 0.25) is 0 Å². The topological polar surface area (TPSA) is 80.3 Å². The molecule has 146 valence electrons. The Morgan fingerprint density at radius 2 is 1.04 bits per heavy atom. The fourth-order valence-electron chi connectivity index (χ4n) is 1.89. The molecule has 2 atom stereocenters. The number of carbonyl (C=O) groups excluding carboxylic acids is 2. The summed E-state index contributed by atoms with van der Waals surface area (Å²) in [6.45, 7) is 0. The summed E-state index contributed by atoms with van der Waals surface area (Å²) in [6, 6.07) is 0. The molecule has 0 rings (SSSR count). The first kappa shape index (κ1) is 35.4. The van der Waals surface area contributed by atoms with Gasteiger partial charge in [-0.15, -0.1) is 0 Å². The Labute approximate surface area is 217 Å². The second-order valence-electron chi connectivity index (χ2n) is 5.57. The van der Waals surface area contributed by atoms with Crippen LogP contribution in [0, 0.1) is 0 Å². The third-order valence-electron chi connectivity index (χ3n) is 3.26. The fraction of sp³-hybridized carbons (Fsp3) is 0.875. The average molecular weight is 504 g/mol. The van der Waals surface area contributed by atoms with E-state index in [0.29, 0.717) is 23.3 Å². The molecular formula is C16H31NaO4S4Zn. The smallest absolute Gasteiger partial charge is 1.00 e. The van der Waals surface area contributed by atoms with E-state index in [1.165, 1.54) is 0 Å². The van der Waals surface area contributed by atoms with E-state index in [0.717, 1.165) is 50.0 Å². The molecule has 26 heavy (non-hydrogen) atoms. The van der Waals surface area contributed by atoms with Crippen LogP contribution in [0.4, 0.5) is 0 Å². The summed E-state index contributed by atoms with van der Waals surface area (Å²) in [4.78, 5) is 20.1. The van der Waals surface area contributed by atoms with Crippen molar-refractivity contribution in [2.75, 3.05) is 11.5 Å². The second-order valence-corrected chi connectivity index (χ2v) is 7.92. The summed E-state index contributed by atoms with van der Waals surface area (Å²) in [6.07, 6.45) is 7.47. The van der Waals surface area contributed by atoms with Crippen LogP contribution in [0.3, 0.4) is 0 Å². The van der Waals surface area contributed by atoms with E-state index in [2.05, 4.69) is 50.5 Å². The van der Waals surface area contributed by atoms with Crippen LogP contribution < -0.4 is 39.8 Å². The normalized spacial score (nSPS) is 11.8. The Morgan fingerprint density at radius 3 is 1.27 bits per heavy atom. The number of thiol groups is 4. The number of carboxylic acid groups (broad SMARTS) is 2. The number of rotatable bonds is 14. The molecule has 0 N–H and O–H groups in total. The molecule has 2 unspecified atom stereocenters. The van der Waals surface area contributed by atoms with E-state index in [1.807, 2.05) is 0 Å². The van der Waals surface area contributed by atoms with Crippen LogP contribution >= 0.6 is 50.5 Å². The fourth-order valence-corrected chi connectivity index (χ4v) is 3.54. The van der Waals surface area contributed by atoms with E-state index < -0.39 is 11.9 Å². The molecule has 0 fully saturated rings. The third-order valence-corrected chi connectivity index (χ3v) is 4.81. The molecule has 0 aromatic heterocycles. The van der Waals surface area contributed by atoms with Crippen LogP contribution in [-0.2, 0) is 29.1 Å². The largest absolute Gasteiger partial charge is 2.00 e. The SMILES string of the molecule is O=C([O-])CCCCC(S)CCS.O=C([O-])CCCCC(S)CCS.[H-].[Na+].[Zn+2]. The van der Waals surface area contributed by atoms with Gasteiger partial charge in [0.25, 0.3) is 0 Å². The summed E-state index contributed by atoms with van der Waals surface area (Å²) in [7, 11) is 0. The van der Waals surface area contributed by atoms with Gasteiger partial charge < -0.3 is 21.2 Å². The molecular weight excluding hydrogens is 473 g/mol. The maximum atomic E-state index is 10.0. The van der Waals surface area contributed by atoms with Gasteiger partial charge in [-0.25, -0.2) is 0 Å². The van der Waals surface area contributed by atoms with E-state index in [4.69, 9.17) is 0 Å². The summed E-state index contributed by atoms with van der Waals surface area (Å²) in [5.41, 5.74) is 0. The van der Waals surface area contributed by atoms with Crippen molar-refractivity contribution >= 4 is 62.5 Å². The van der Waals surface area contributed by atoms with Crippen molar-refractivity contribution in [3.05, 3.63) is 0 Å². The van der Waals surface area contributed by atoms with E-state index in [-0.39, 0.29) is 63.3 Å². The van der Waals surface area contributed by atoms with Gasteiger partial charge in [-0.05, 0) is 62.9 Å². The molecule has 10 heteroatoms. The third kappa shape index (κ3) is 33.5. The van der Waals surface area contributed by atoms with Crippen molar-refractivity contribution < 1.29 is 70.3 Å². The van der Waals surface area contributed by atoms with Crippen molar-refractivity contribution in [2.45, 2.75) is 74.7 Å². The van der Waals surface area contributed by atoms with Gasteiger partial charge in [0.1, 0.15) is 0 Å². The van der Waals surface area contributed by atoms with Gasteiger partial charge in [0.15, 0.2) is 0 Å². The summed E-state index contributed by atoms with van der Waals surface area (Å²) < 4.78 is 0. The van der Waals surface area contributed by atoms with Crippen molar-refractivity contribution in [1.29, 1.82) is 0 Å². The Hall–Kier alpha value is 1.96. The molecule has 0 heterocycles. The van der Waals surface area contributed by atoms with Gasteiger partial charge in [-0.1, -0.05) is 12.8 Å². The maximum Gasteiger partial charge on any atom is 2.00 e. The van der Waals surface area contributed by atoms with Crippen LogP contribution in [0.15, 0.2) is 0 Å². The molecule has 0 saturated heterocycles. The molecule has 0 saturated carbocycles. The number of hydrogen-bond donors (Lipinski definition) is 4. The van der Waals surface area contributed by atoms with E-state index in [1.54, 1.807) is 0 Å². The number of unbranched alkanes of at least 4 members (excludes halogenated alkanes) is 2. The minimum Gasteiger partial charge on any atom is -1.00 e. The Bertz CT molecular complexity index is 305. The Morgan fingerprint density at radius 1 is 0.731 bits per heavy atom. The molecule has 0 aliphatic heterocycles. The zero-order valence-corrected chi connectivity index (χ0v) is 24.3. The van der Waals surface area contributed by atoms with Crippen molar-refractivity contribution in [2.24, 2.45) is 0 Å². The number of aliphatic carboxylic acids is 2. The molecule has 0 radical (unpaired) electrons. The van der Waals surface area contributed by atoms with Crippen LogP contribution in [0.2, 0.25) is 0 Å². The van der Waals surface area contributed by atoms with Crippen LogP contribution in [0.25, 0.3) is 0 Å². The molecule has 0 bridgehead atoms. The zero-order chi connectivity index (χ0) is 18.8. The minimum absolute atomic E-state index is 0. The molecule has 0 spiro atoms. The maximum absolute atomic E-state index is 10.0. The molecule has 0 amide bonds. The van der Waals surface area contributed by atoms with Crippen LogP contribution in [0.5, 0.6) is 0 Å². The molecule has 4 nitrogen and oxygen atoms in total. The van der Waals surface area contributed by atoms with Crippen LogP contribution in [0.1, 0.15) is 65.6 Å². The van der Waals surface area contributed by atoms with Crippen molar-refractivity contribution in [1.82, 2.24) is 0 Å². The second kappa shape index (κ2) is 27.0. The molecule has 0 aliphatic carbocycles. The number of carboxylic acids is 2. The zero-order valence-electron chi connectivity index (χ0n) is 16.8. The Kier molecular flexibility index (Phi) is 36.7. The predicted octanol–water partition coefficient (Wildman–Crippen LogP) is -1.06. The van der Waals surface area contributed by atoms with Crippen molar-refractivity contribution in [3.63, 3.8) is 0 Å². The summed E-state index contributed by atoms with van der Waals surface area (Å²) in [5, 5.41) is 20.8. The average Bonchev–Trinajstić information content (AvgIpc) is 2.49. The van der Waals surface area contributed by atoms with Gasteiger partial charge in [-0.2, -0.15) is 50.5 Å². The first-order valence-corrected chi connectivity index (χ1v) is 10.6. The molecule has 0 aromatic carbocycles. The number of hydrogen-bond acceptors (Lipinski definition) is 8. The van der Waals surface area contributed by atoms with Gasteiger partial charge >= 0.3 is 49.0 Å². The first-order valence-electron chi connectivity index (χ1n) is 8.31. The summed E-state index contributed by atoms with van der Waals surface area (Å²) >= 11 is 16.8. The first-order chi connectivity index (χ1) is 11.3. The van der Waals surface area contributed by atoms with E-state index in [9.17, 15) is 19.8 Å². The number of carbonyl (C=O) groups is 2. The van der Waals surface area contributed by atoms with Gasteiger partial charge in [-0.3, -0.25) is 0 Å². The monoisotopic (exact) mass is 502 g/mol. The molecule has 0 aromatic rings. The minimum atomic E-state index is -0.958. The Balaban J connectivity index is -0.000000108. The standard InChI is InChI=1S/2C8H16O2S2.Na.Zn.H/c2*9-8(10)4-2-1-3-7(12)5-6-11;;;/h2*7,11-12H,1-6H2,(H,9,10);;;/q;;+1;+2;-1/p-2. The molecule has 0 aliphatic rings. The summed E-state index contributed by atoms with van der Waals surface area (Å²) in [5.74, 6) is -0.233. The predicted molar refractivity (Wildman–Crippen MR) is 111 cm³/mol. The van der Waals surface area contributed by atoms with Gasteiger partial charge in [0, 0.05) is 22.4 Å².